The summed E-state index contributed by atoms with van der Waals surface area (Å²) in [7, 11) is 0. The minimum Gasteiger partial charge on any atom is -0.386 e. The van der Waals surface area contributed by atoms with Crippen molar-refractivity contribution >= 4 is 16.7 Å². The fourth-order valence-electron chi connectivity index (χ4n) is 4.59. The minimum absolute atomic E-state index is 0.144. The lowest BCUT2D eigenvalue weighted by Crippen LogP contribution is -2.40. The molecule has 0 fully saturated rings. The molecule has 190 valence electrons. The maximum atomic E-state index is 13.4. The van der Waals surface area contributed by atoms with E-state index in [0.717, 1.165) is 11.1 Å². The molecule has 0 aliphatic rings. The zero-order chi connectivity index (χ0) is 26.3. The lowest BCUT2D eigenvalue weighted by atomic mass is 9.89. The number of rotatable bonds is 10. The third-order valence-electron chi connectivity index (χ3n) is 6.85. The second-order valence-electron chi connectivity index (χ2n) is 10.0. The predicted octanol–water partition coefficient (Wildman–Crippen LogP) is 6.66. The van der Waals surface area contributed by atoms with Crippen LogP contribution in [0.3, 0.4) is 0 Å². The molecule has 0 aliphatic carbocycles. The van der Waals surface area contributed by atoms with E-state index in [-0.39, 0.29) is 11.9 Å². The molecule has 3 N–H and O–H groups in total. The van der Waals surface area contributed by atoms with E-state index < -0.39 is 17.6 Å². The predicted molar refractivity (Wildman–Crippen MR) is 152 cm³/mol. The first-order valence-corrected chi connectivity index (χ1v) is 12.8. The van der Waals surface area contributed by atoms with Crippen LogP contribution in [0, 0.1) is 5.41 Å². The first-order chi connectivity index (χ1) is 17.9. The van der Waals surface area contributed by atoms with Crippen LogP contribution in [0.5, 0.6) is 0 Å². The number of aliphatic hydroxyl groups is 1. The van der Waals surface area contributed by atoms with Crippen LogP contribution in [-0.4, -0.2) is 17.6 Å². The second kappa shape index (κ2) is 12.0. The average molecular weight is 493 g/mol. The van der Waals surface area contributed by atoms with E-state index in [4.69, 9.17) is 0 Å². The van der Waals surface area contributed by atoms with Crippen molar-refractivity contribution in [2.45, 2.75) is 39.0 Å². The fraction of sp³-hybridized carbons (Fsp3) is 0.242. The molecule has 0 heterocycles. The van der Waals surface area contributed by atoms with Crippen LogP contribution < -0.4 is 10.6 Å². The van der Waals surface area contributed by atoms with Crippen molar-refractivity contribution in [2.24, 2.45) is 5.41 Å². The number of fused-ring (bicyclic) bond motifs is 1. The van der Waals surface area contributed by atoms with Gasteiger partial charge >= 0.3 is 0 Å². The molecule has 3 atom stereocenters. The van der Waals surface area contributed by atoms with Gasteiger partial charge in [-0.25, -0.2) is 0 Å². The Morgan fingerprint density at radius 3 is 2.14 bits per heavy atom. The molecule has 37 heavy (non-hydrogen) atoms. The van der Waals surface area contributed by atoms with Gasteiger partial charge in [-0.05, 0) is 48.2 Å². The van der Waals surface area contributed by atoms with E-state index in [1.165, 1.54) is 16.3 Å². The van der Waals surface area contributed by atoms with Crippen LogP contribution in [-0.2, 0) is 4.79 Å². The maximum Gasteiger partial charge on any atom is 0.230 e. The van der Waals surface area contributed by atoms with Gasteiger partial charge in [-0.2, -0.15) is 0 Å². The smallest absolute Gasteiger partial charge is 0.230 e. The molecule has 4 heteroatoms. The molecular weight excluding hydrogens is 456 g/mol. The molecule has 0 saturated heterocycles. The molecule has 0 aliphatic heterocycles. The highest BCUT2D eigenvalue weighted by atomic mass is 16.3. The normalized spacial score (nSPS) is 14.4. The Morgan fingerprint density at radius 1 is 0.838 bits per heavy atom. The van der Waals surface area contributed by atoms with E-state index in [1.807, 2.05) is 86.7 Å². The number of hydrogen-bond donors (Lipinski definition) is 3. The molecule has 4 nitrogen and oxygen atoms in total. The summed E-state index contributed by atoms with van der Waals surface area (Å²) >= 11 is 0. The van der Waals surface area contributed by atoms with Gasteiger partial charge in [0.2, 0.25) is 5.91 Å². The van der Waals surface area contributed by atoms with Crippen LogP contribution >= 0.6 is 0 Å². The van der Waals surface area contributed by atoms with Gasteiger partial charge in [0.25, 0.3) is 0 Å². The molecule has 0 spiro atoms. The third kappa shape index (κ3) is 6.53. The van der Waals surface area contributed by atoms with Crippen molar-refractivity contribution in [1.82, 2.24) is 10.6 Å². The SMILES string of the molecule is C[C@@H](NC/C=C/C(C)(C)C(=O)NC(c1ccccc1)[C@@H](O)c1ccccc1)c1cccc2ccccc12. The van der Waals surface area contributed by atoms with Gasteiger partial charge in [0.05, 0.1) is 11.5 Å². The Hall–Kier alpha value is -3.73. The lowest BCUT2D eigenvalue weighted by Gasteiger charge is -2.29. The molecule has 4 aromatic carbocycles. The molecule has 4 rings (SSSR count). The van der Waals surface area contributed by atoms with Crippen molar-refractivity contribution in [1.29, 1.82) is 0 Å². The van der Waals surface area contributed by atoms with Gasteiger partial charge in [0.15, 0.2) is 0 Å². The van der Waals surface area contributed by atoms with E-state index >= 15 is 0 Å². The highest BCUT2D eigenvalue weighted by molar-refractivity contribution is 5.86. The summed E-state index contributed by atoms with van der Waals surface area (Å²) in [6.45, 7) is 6.58. The van der Waals surface area contributed by atoms with Crippen molar-refractivity contribution in [3.63, 3.8) is 0 Å². The number of nitrogens with one attached hydrogen (secondary N) is 2. The molecular formula is C33H36N2O2. The Morgan fingerprint density at radius 2 is 1.43 bits per heavy atom. The minimum atomic E-state index is -0.865. The van der Waals surface area contributed by atoms with Crippen LogP contribution in [0.25, 0.3) is 10.8 Å². The quantitative estimate of drug-likeness (QED) is 0.217. The maximum absolute atomic E-state index is 13.4. The van der Waals surface area contributed by atoms with Crippen molar-refractivity contribution in [3.8, 4) is 0 Å². The molecule has 0 radical (unpaired) electrons. The van der Waals surface area contributed by atoms with Crippen LogP contribution in [0.1, 0.15) is 55.6 Å². The summed E-state index contributed by atoms with van der Waals surface area (Å²) in [5.74, 6) is -0.144. The van der Waals surface area contributed by atoms with Crippen molar-refractivity contribution in [3.05, 3.63) is 132 Å². The monoisotopic (exact) mass is 492 g/mol. The first kappa shape index (κ1) is 26.3. The summed E-state index contributed by atoms with van der Waals surface area (Å²) in [4.78, 5) is 13.4. The van der Waals surface area contributed by atoms with E-state index in [1.54, 1.807) is 0 Å². The number of amides is 1. The topological polar surface area (TPSA) is 61.4 Å². The average Bonchev–Trinajstić information content (AvgIpc) is 2.94. The van der Waals surface area contributed by atoms with Crippen molar-refractivity contribution < 1.29 is 9.90 Å². The van der Waals surface area contributed by atoms with E-state index in [0.29, 0.717) is 6.54 Å². The van der Waals surface area contributed by atoms with Crippen LogP contribution in [0.4, 0.5) is 0 Å². The zero-order valence-corrected chi connectivity index (χ0v) is 21.8. The Labute approximate surface area is 220 Å². The highest BCUT2D eigenvalue weighted by Crippen LogP contribution is 2.30. The van der Waals surface area contributed by atoms with E-state index in [2.05, 4.69) is 60.0 Å². The summed E-state index contributed by atoms with van der Waals surface area (Å²) in [5, 5.41) is 20.3. The van der Waals surface area contributed by atoms with Crippen LogP contribution in [0.15, 0.2) is 115 Å². The molecule has 1 amide bonds. The second-order valence-corrected chi connectivity index (χ2v) is 10.0. The lowest BCUT2D eigenvalue weighted by molar-refractivity contribution is -0.128. The number of carbonyl (C=O) groups excluding carboxylic acids is 1. The highest BCUT2D eigenvalue weighted by Gasteiger charge is 2.30. The number of carbonyl (C=O) groups is 1. The number of hydrogen-bond acceptors (Lipinski definition) is 3. The number of aliphatic hydroxyl groups excluding tert-OH is 1. The molecule has 1 unspecified atom stereocenters. The zero-order valence-electron chi connectivity index (χ0n) is 21.8. The standard InChI is InChI=1S/C33H36N2O2/c1-24(28-21-12-19-25-14-10-11-20-29(25)28)34-23-13-22-33(2,3)32(37)35-30(26-15-6-4-7-16-26)31(36)27-17-8-5-9-18-27/h4-22,24,30-31,34,36H,23H2,1-3H3,(H,35,37)/b22-13+/t24-,30?,31+/m1/s1. The van der Waals surface area contributed by atoms with Gasteiger partial charge in [-0.1, -0.05) is 115 Å². The van der Waals surface area contributed by atoms with Gasteiger partial charge in [-0.15, -0.1) is 0 Å². The Balaban J connectivity index is 1.42. The molecule has 4 aromatic rings. The molecule has 0 aromatic heterocycles. The largest absolute Gasteiger partial charge is 0.386 e. The summed E-state index contributed by atoms with van der Waals surface area (Å²) in [6, 6.07) is 33.4. The van der Waals surface area contributed by atoms with Gasteiger partial charge < -0.3 is 15.7 Å². The fourth-order valence-corrected chi connectivity index (χ4v) is 4.59. The Bertz CT molecular complexity index is 1330. The van der Waals surface area contributed by atoms with E-state index in [9.17, 15) is 9.90 Å². The third-order valence-corrected chi connectivity index (χ3v) is 6.85. The van der Waals surface area contributed by atoms with Crippen molar-refractivity contribution in [2.75, 3.05) is 6.54 Å². The van der Waals surface area contributed by atoms with Crippen LogP contribution in [0.2, 0.25) is 0 Å². The summed E-state index contributed by atoms with van der Waals surface area (Å²) in [6.07, 6.45) is 3.07. The Kier molecular flexibility index (Phi) is 8.54. The molecule has 0 bridgehead atoms. The van der Waals surface area contributed by atoms with Gasteiger partial charge in [-0.3, -0.25) is 4.79 Å². The molecule has 0 saturated carbocycles. The first-order valence-electron chi connectivity index (χ1n) is 12.8. The van der Waals surface area contributed by atoms with Gasteiger partial charge in [0.1, 0.15) is 6.10 Å². The van der Waals surface area contributed by atoms with Gasteiger partial charge in [0, 0.05) is 12.6 Å². The number of benzene rings is 4. The summed E-state index contributed by atoms with van der Waals surface area (Å²) < 4.78 is 0. The summed E-state index contributed by atoms with van der Waals surface area (Å²) in [5.41, 5.74) is 2.12.